The fourth-order valence-corrected chi connectivity index (χ4v) is 3.50. The maximum absolute atomic E-state index is 13.4. The summed E-state index contributed by atoms with van der Waals surface area (Å²) in [4.78, 5) is 15.0. The Balaban J connectivity index is 0.00000300. The minimum atomic E-state index is -0.966. The van der Waals surface area contributed by atoms with Crippen LogP contribution in [0.3, 0.4) is 0 Å². The molecular weight excluding hydrogens is 382 g/mol. The van der Waals surface area contributed by atoms with Gasteiger partial charge in [-0.3, -0.25) is 9.80 Å². The average Bonchev–Trinajstić information content (AvgIpc) is 2.69. The van der Waals surface area contributed by atoms with E-state index in [1.807, 2.05) is 0 Å². The predicted octanol–water partition coefficient (Wildman–Crippen LogP) is 1.95. The van der Waals surface area contributed by atoms with Crippen molar-refractivity contribution in [1.29, 1.82) is 0 Å². The summed E-state index contributed by atoms with van der Waals surface area (Å²) in [7, 11) is 0. The van der Waals surface area contributed by atoms with Gasteiger partial charge in [-0.05, 0) is 35.4 Å². The number of halogens is 2. The van der Waals surface area contributed by atoms with Crippen LogP contribution in [0, 0.1) is 11.6 Å². The molecule has 6 nitrogen and oxygen atoms in total. The monoisotopic (exact) mass is 408 g/mol. The smallest absolute Gasteiger partial charge is 0.329 e. The summed E-state index contributed by atoms with van der Waals surface area (Å²) in [5, 5.41) is 8.60. The number of carbonyl (C=O) groups is 1. The number of nitrogens with zero attached hydrogens (tertiary/aromatic N) is 2. The topological polar surface area (TPSA) is 84.5 Å². The maximum Gasteiger partial charge on any atom is 0.329 e. The standard InChI is InChI=1S/C21H24F2N2O3.H2O/c22-18-5-1-16(2-6-18)21(17-3-7-19(23)8-4-17)25-11-9-24(10-12-25)13-14-28-15-20(26)27;/h1-8,21H,9-15H2,(H,26,27);1H2. The Morgan fingerprint density at radius 3 is 1.86 bits per heavy atom. The Kier molecular flexibility index (Phi) is 8.66. The molecule has 0 unspecified atom stereocenters. The van der Waals surface area contributed by atoms with E-state index in [2.05, 4.69) is 9.80 Å². The van der Waals surface area contributed by atoms with Crippen LogP contribution in [0.15, 0.2) is 48.5 Å². The first kappa shape index (κ1) is 22.9. The van der Waals surface area contributed by atoms with Gasteiger partial charge in [-0.2, -0.15) is 0 Å². The number of piperazine rings is 1. The van der Waals surface area contributed by atoms with Crippen molar-refractivity contribution in [2.24, 2.45) is 0 Å². The quantitative estimate of drug-likeness (QED) is 0.675. The number of aliphatic carboxylic acids is 1. The van der Waals surface area contributed by atoms with Gasteiger partial charge in [0, 0.05) is 32.7 Å². The molecule has 0 saturated carbocycles. The zero-order valence-electron chi connectivity index (χ0n) is 16.1. The van der Waals surface area contributed by atoms with Crippen molar-refractivity contribution >= 4 is 5.97 Å². The van der Waals surface area contributed by atoms with Crippen molar-refractivity contribution < 1.29 is 28.9 Å². The number of hydrogen-bond donors (Lipinski definition) is 1. The first-order chi connectivity index (χ1) is 13.5. The summed E-state index contributed by atoms with van der Waals surface area (Å²) in [5.41, 5.74) is 1.93. The minimum Gasteiger partial charge on any atom is -0.480 e. The molecule has 0 bridgehead atoms. The molecular formula is C21H26F2N2O4. The fourth-order valence-electron chi connectivity index (χ4n) is 3.50. The van der Waals surface area contributed by atoms with E-state index >= 15 is 0 Å². The highest BCUT2D eigenvalue weighted by atomic mass is 19.1. The lowest BCUT2D eigenvalue weighted by atomic mass is 9.96. The lowest BCUT2D eigenvalue weighted by Crippen LogP contribution is -2.48. The van der Waals surface area contributed by atoms with Crippen molar-refractivity contribution in [2.45, 2.75) is 6.04 Å². The van der Waals surface area contributed by atoms with Gasteiger partial charge in [0.25, 0.3) is 0 Å². The highest BCUT2D eigenvalue weighted by molar-refractivity contribution is 5.67. The van der Waals surface area contributed by atoms with Gasteiger partial charge in [-0.1, -0.05) is 24.3 Å². The van der Waals surface area contributed by atoms with Gasteiger partial charge in [0.05, 0.1) is 12.6 Å². The van der Waals surface area contributed by atoms with Crippen LogP contribution >= 0.6 is 0 Å². The maximum atomic E-state index is 13.4. The Labute approximate surface area is 168 Å². The van der Waals surface area contributed by atoms with E-state index in [1.54, 1.807) is 24.3 Å². The van der Waals surface area contributed by atoms with E-state index in [4.69, 9.17) is 9.84 Å². The molecule has 0 radical (unpaired) electrons. The van der Waals surface area contributed by atoms with Crippen molar-refractivity contribution in [1.82, 2.24) is 9.80 Å². The number of hydrogen-bond acceptors (Lipinski definition) is 4. The van der Waals surface area contributed by atoms with Crippen molar-refractivity contribution in [3.05, 3.63) is 71.3 Å². The second kappa shape index (κ2) is 11.0. The third-order valence-corrected chi connectivity index (χ3v) is 4.92. The molecule has 1 aliphatic heterocycles. The van der Waals surface area contributed by atoms with Gasteiger partial charge >= 0.3 is 5.97 Å². The minimum absolute atomic E-state index is 0. The third-order valence-electron chi connectivity index (χ3n) is 4.92. The Hall–Kier alpha value is -2.39. The summed E-state index contributed by atoms with van der Waals surface area (Å²) in [6.45, 7) is 3.99. The summed E-state index contributed by atoms with van der Waals surface area (Å²) in [6, 6.07) is 12.8. The zero-order chi connectivity index (χ0) is 19.9. The van der Waals surface area contributed by atoms with E-state index in [0.717, 1.165) is 37.3 Å². The van der Waals surface area contributed by atoms with E-state index in [0.29, 0.717) is 13.2 Å². The SMILES string of the molecule is O.O=C(O)COCCN1CCN(C(c2ccc(F)cc2)c2ccc(F)cc2)CC1. The summed E-state index contributed by atoms with van der Waals surface area (Å²) >= 11 is 0. The van der Waals surface area contributed by atoms with Crippen LogP contribution in [0.2, 0.25) is 0 Å². The van der Waals surface area contributed by atoms with Gasteiger partial charge in [0.15, 0.2) is 0 Å². The number of benzene rings is 2. The Morgan fingerprint density at radius 2 is 1.41 bits per heavy atom. The van der Waals surface area contributed by atoms with E-state index in [9.17, 15) is 13.6 Å². The van der Waals surface area contributed by atoms with Gasteiger partial charge in [0.2, 0.25) is 0 Å². The largest absolute Gasteiger partial charge is 0.480 e. The molecule has 0 amide bonds. The molecule has 3 N–H and O–H groups in total. The fraction of sp³-hybridized carbons (Fsp3) is 0.381. The molecule has 3 rings (SSSR count). The molecule has 0 aliphatic carbocycles. The molecule has 2 aromatic rings. The first-order valence-corrected chi connectivity index (χ1v) is 9.30. The molecule has 29 heavy (non-hydrogen) atoms. The van der Waals surface area contributed by atoms with Crippen molar-refractivity contribution in [2.75, 3.05) is 45.9 Å². The molecule has 8 heteroatoms. The second-order valence-electron chi connectivity index (χ2n) is 6.83. The number of rotatable bonds is 8. The van der Waals surface area contributed by atoms with Crippen LogP contribution < -0.4 is 0 Å². The lowest BCUT2D eigenvalue weighted by molar-refractivity contribution is -0.142. The van der Waals surface area contributed by atoms with Crippen LogP contribution in [0.4, 0.5) is 8.78 Å². The zero-order valence-corrected chi connectivity index (χ0v) is 16.1. The number of carboxylic acids is 1. The normalized spacial score (nSPS) is 15.3. The van der Waals surface area contributed by atoms with E-state index in [-0.39, 0.29) is 29.8 Å². The van der Waals surface area contributed by atoms with Crippen LogP contribution in [-0.4, -0.2) is 72.3 Å². The Morgan fingerprint density at radius 1 is 0.931 bits per heavy atom. The molecule has 1 fully saturated rings. The number of carboxylic acid groups (broad SMARTS) is 1. The molecule has 158 valence electrons. The van der Waals surface area contributed by atoms with Crippen LogP contribution in [-0.2, 0) is 9.53 Å². The molecule has 0 spiro atoms. The van der Waals surface area contributed by atoms with Gasteiger partial charge < -0.3 is 15.3 Å². The molecule has 1 heterocycles. The van der Waals surface area contributed by atoms with Crippen LogP contribution in [0.25, 0.3) is 0 Å². The number of ether oxygens (including phenoxy) is 1. The highest BCUT2D eigenvalue weighted by Crippen LogP contribution is 2.30. The summed E-state index contributed by atoms with van der Waals surface area (Å²) < 4.78 is 31.9. The second-order valence-corrected chi connectivity index (χ2v) is 6.83. The van der Waals surface area contributed by atoms with Crippen molar-refractivity contribution in [3.63, 3.8) is 0 Å². The molecule has 1 aliphatic rings. The predicted molar refractivity (Wildman–Crippen MR) is 105 cm³/mol. The lowest BCUT2D eigenvalue weighted by Gasteiger charge is -2.39. The van der Waals surface area contributed by atoms with Gasteiger partial charge in [-0.15, -0.1) is 0 Å². The third kappa shape index (κ3) is 6.57. The van der Waals surface area contributed by atoms with E-state index in [1.165, 1.54) is 24.3 Å². The first-order valence-electron chi connectivity index (χ1n) is 9.30. The molecule has 0 aromatic heterocycles. The molecule has 1 saturated heterocycles. The van der Waals surface area contributed by atoms with Gasteiger partial charge in [0.1, 0.15) is 18.2 Å². The van der Waals surface area contributed by atoms with Gasteiger partial charge in [-0.25, -0.2) is 13.6 Å². The average molecular weight is 408 g/mol. The van der Waals surface area contributed by atoms with Crippen molar-refractivity contribution in [3.8, 4) is 0 Å². The van der Waals surface area contributed by atoms with Crippen LogP contribution in [0.1, 0.15) is 17.2 Å². The summed E-state index contributed by atoms with van der Waals surface area (Å²) in [5.74, 6) is -1.54. The van der Waals surface area contributed by atoms with Crippen LogP contribution in [0.5, 0.6) is 0 Å². The van der Waals surface area contributed by atoms with E-state index < -0.39 is 5.97 Å². The summed E-state index contributed by atoms with van der Waals surface area (Å²) in [6.07, 6.45) is 0. The molecule has 0 atom stereocenters. The molecule has 2 aromatic carbocycles. The Bertz CT molecular complexity index is 718. The highest BCUT2D eigenvalue weighted by Gasteiger charge is 2.26.